The van der Waals surface area contributed by atoms with Gasteiger partial charge >= 0.3 is 0 Å². The van der Waals surface area contributed by atoms with Crippen molar-refractivity contribution in [3.63, 3.8) is 0 Å². The maximum absolute atomic E-state index is 12.2. The summed E-state index contributed by atoms with van der Waals surface area (Å²) < 4.78 is 0.278. The highest BCUT2D eigenvalue weighted by molar-refractivity contribution is 8.26. The van der Waals surface area contributed by atoms with Crippen LogP contribution in [0.5, 0.6) is 0 Å². The molecule has 2 aromatic rings. The number of fused-ring (bicyclic) bond motifs is 1. The summed E-state index contributed by atoms with van der Waals surface area (Å²) in [6.45, 7) is 1.32. The monoisotopic (exact) mass is 330 g/mol. The zero-order valence-corrected chi connectivity index (χ0v) is 13.1. The lowest BCUT2D eigenvalue weighted by Gasteiger charge is -2.13. The molecule has 2 heterocycles. The Morgan fingerprint density at radius 2 is 2.09 bits per heavy atom. The Labute approximate surface area is 135 Å². The molecule has 6 nitrogen and oxygen atoms in total. The van der Waals surface area contributed by atoms with Gasteiger partial charge in [-0.05, 0) is 30.4 Å². The first-order valence-electron chi connectivity index (χ1n) is 6.31. The summed E-state index contributed by atoms with van der Waals surface area (Å²) in [6.07, 6.45) is 3.20. The van der Waals surface area contributed by atoms with Crippen LogP contribution < -0.4 is 5.43 Å². The average Bonchev–Trinajstić information content (AvgIpc) is 2.74. The highest BCUT2D eigenvalue weighted by atomic mass is 32.2. The van der Waals surface area contributed by atoms with Crippen molar-refractivity contribution in [1.82, 2.24) is 20.4 Å². The highest BCUT2D eigenvalue weighted by Gasteiger charge is 2.33. The van der Waals surface area contributed by atoms with Gasteiger partial charge in [-0.1, -0.05) is 23.9 Å². The molecule has 2 amide bonds. The number of nitrogens with one attached hydrogen (secondary N) is 1. The third-order valence-electron chi connectivity index (χ3n) is 2.81. The number of thiocarbonyl (C=S) groups is 1. The van der Waals surface area contributed by atoms with Gasteiger partial charge in [-0.15, -0.1) is 0 Å². The van der Waals surface area contributed by atoms with Crippen molar-refractivity contribution < 1.29 is 9.59 Å². The molecule has 1 aliphatic heterocycles. The van der Waals surface area contributed by atoms with Crippen LogP contribution in [0.2, 0.25) is 0 Å². The summed E-state index contributed by atoms with van der Waals surface area (Å²) in [5, 5.41) is 1.06. The van der Waals surface area contributed by atoms with Crippen molar-refractivity contribution in [3.8, 4) is 0 Å². The topological polar surface area (TPSA) is 75.2 Å². The molecule has 110 valence electrons. The van der Waals surface area contributed by atoms with E-state index in [4.69, 9.17) is 12.2 Å². The Morgan fingerprint density at radius 3 is 2.82 bits per heavy atom. The number of carbonyl (C=O) groups excluding carboxylic acids is 2. The summed E-state index contributed by atoms with van der Waals surface area (Å²) >= 11 is 6.19. The summed E-state index contributed by atoms with van der Waals surface area (Å²) in [5.41, 5.74) is 4.48. The van der Waals surface area contributed by atoms with Crippen LogP contribution in [0.25, 0.3) is 17.1 Å². The van der Waals surface area contributed by atoms with E-state index < -0.39 is 0 Å². The standard InChI is InChI=1S/C14H10N4O2S2/c1-8(19)17-18-13(20)12(22-14(18)21)6-9-7-15-10-4-2-3-5-11(10)16-9/h2-7H,1H3,(H,17,19). The molecule has 0 bridgehead atoms. The molecule has 0 saturated carbocycles. The number of carbonyl (C=O) groups is 2. The Hall–Kier alpha value is -2.32. The summed E-state index contributed by atoms with van der Waals surface area (Å²) in [5.74, 6) is -0.733. The minimum absolute atomic E-state index is 0.278. The second-order valence-electron chi connectivity index (χ2n) is 4.47. The quantitative estimate of drug-likeness (QED) is 0.669. The molecule has 3 rings (SSSR count). The molecule has 1 aromatic carbocycles. The fourth-order valence-corrected chi connectivity index (χ4v) is 3.06. The van der Waals surface area contributed by atoms with Gasteiger partial charge in [0, 0.05) is 6.92 Å². The number of amides is 2. The first kappa shape index (κ1) is 14.6. The minimum atomic E-state index is -0.375. The third kappa shape index (κ3) is 2.83. The first-order valence-corrected chi connectivity index (χ1v) is 7.54. The number of para-hydroxylation sites is 2. The molecular weight excluding hydrogens is 320 g/mol. The van der Waals surface area contributed by atoms with Gasteiger partial charge in [0.25, 0.3) is 5.91 Å². The largest absolute Gasteiger partial charge is 0.285 e. The van der Waals surface area contributed by atoms with Gasteiger partial charge in [-0.2, -0.15) is 5.01 Å². The van der Waals surface area contributed by atoms with Crippen molar-refractivity contribution in [2.24, 2.45) is 0 Å². The molecule has 0 atom stereocenters. The van der Waals surface area contributed by atoms with Gasteiger partial charge in [0.05, 0.1) is 27.8 Å². The smallest absolute Gasteiger partial charge is 0.274 e. The van der Waals surface area contributed by atoms with E-state index in [2.05, 4.69) is 15.4 Å². The molecule has 1 saturated heterocycles. The van der Waals surface area contributed by atoms with Gasteiger partial charge in [0.15, 0.2) is 4.32 Å². The van der Waals surface area contributed by atoms with Gasteiger partial charge < -0.3 is 0 Å². The predicted molar refractivity (Wildman–Crippen MR) is 88.4 cm³/mol. The number of rotatable bonds is 2. The molecular formula is C14H10N4O2S2. The number of hydrogen-bond donors (Lipinski definition) is 1. The Kier molecular flexibility index (Phi) is 3.86. The second kappa shape index (κ2) is 5.82. The maximum Gasteiger partial charge on any atom is 0.285 e. The zero-order chi connectivity index (χ0) is 15.7. The SMILES string of the molecule is CC(=O)NN1C(=O)C(=Cc2cnc3ccccc3n2)SC1=S. The van der Waals surface area contributed by atoms with Crippen molar-refractivity contribution in [1.29, 1.82) is 0 Å². The number of aromatic nitrogens is 2. The van der Waals surface area contributed by atoms with E-state index in [1.165, 1.54) is 6.92 Å². The zero-order valence-electron chi connectivity index (χ0n) is 11.4. The number of thioether (sulfide) groups is 1. The van der Waals surface area contributed by atoms with E-state index in [1.807, 2.05) is 24.3 Å². The van der Waals surface area contributed by atoms with E-state index in [1.54, 1.807) is 12.3 Å². The fourth-order valence-electron chi connectivity index (χ4n) is 1.90. The summed E-state index contributed by atoms with van der Waals surface area (Å²) in [4.78, 5) is 32.4. The third-order valence-corrected chi connectivity index (χ3v) is 4.11. The number of hydrogen-bond acceptors (Lipinski definition) is 6. The second-order valence-corrected chi connectivity index (χ2v) is 6.14. The van der Waals surface area contributed by atoms with Crippen LogP contribution in [-0.2, 0) is 9.59 Å². The van der Waals surface area contributed by atoms with E-state index >= 15 is 0 Å². The van der Waals surface area contributed by atoms with E-state index in [9.17, 15) is 9.59 Å². The normalized spacial score (nSPS) is 16.6. The Bertz CT molecular complexity index is 834. The van der Waals surface area contributed by atoms with Crippen LogP contribution in [0.1, 0.15) is 12.6 Å². The van der Waals surface area contributed by atoms with Crippen LogP contribution in [-0.4, -0.2) is 31.1 Å². The lowest BCUT2D eigenvalue weighted by atomic mass is 10.3. The molecule has 1 aromatic heterocycles. The van der Waals surface area contributed by atoms with Crippen molar-refractivity contribution in [3.05, 3.63) is 41.1 Å². The molecule has 8 heteroatoms. The van der Waals surface area contributed by atoms with Crippen LogP contribution in [0.15, 0.2) is 35.4 Å². The lowest BCUT2D eigenvalue weighted by Crippen LogP contribution is -2.43. The average molecular weight is 330 g/mol. The Balaban J connectivity index is 1.92. The van der Waals surface area contributed by atoms with Crippen LogP contribution in [0.3, 0.4) is 0 Å². The Morgan fingerprint density at radius 1 is 1.36 bits per heavy atom. The fraction of sp³-hybridized carbons (Fsp3) is 0.0714. The molecule has 1 aliphatic rings. The highest BCUT2D eigenvalue weighted by Crippen LogP contribution is 2.31. The molecule has 0 spiro atoms. The predicted octanol–water partition coefficient (Wildman–Crippen LogP) is 1.88. The molecule has 0 aliphatic carbocycles. The van der Waals surface area contributed by atoms with Crippen LogP contribution >= 0.6 is 24.0 Å². The van der Waals surface area contributed by atoms with E-state index in [-0.39, 0.29) is 16.1 Å². The summed E-state index contributed by atoms with van der Waals surface area (Å²) in [7, 11) is 0. The van der Waals surface area contributed by atoms with Crippen LogP contribution in [0, 0.1) is 0 Å². The summed E-state index contributed by atoms with van der Waals surface area (Å²) in [6, 6.07) is 7.47. The molecule has 0 unspecified atom stereocenters. The van der Waals surface area contributed by atoms with Gasteiger partial charge in [0.1, 0.15) is 0 Å². The lowest BCUT2D eigenvalue weighted by molar-refractivity contribution is -0.131. The maximum atomic E-state index is 12.2. The van der Waals surface area contributed by atoms with Crippen molar-refractivity contribution in [2.45, 2.75) is 6.92 Å². The minimum Gasteiger partial charge on any atom is -0.274 e. The first-order chi connectivity index (χ1) is 10.5. The molecule has 0 radical (unpaired) electrons. The number of nitrogens with zero attached hydrogens (tertiary/aromatic N) is 3. The van der Waals surface area contributed by atoms with Crippen molar-refractivity contribution >= 4 is 57.2 Å². The molecule has 1 fully saturated rings. The molecule has 1 N–H and O–H groups in total. The number of hydrazine groups is 1. The van der Waals surface area contributed by atoms with Crippen LogP contribution in [0.4, 0.5) is 0 Å². The van der Waals surface area contributed by atoms with Crippen molar-refractivity contribution in [2.75, 3.05) is 0 Å². The van der Waals surface area contributed by atoms with Gasteiger partial charge in [0.2, 0.25) is 5.91 Å². The van der Waals surface area contributed by atoms with Gasteiger partial charge in [-0.3, -0.25) is 20.0 Å². The van der Waals surface area contributed by atoms with E-state index in [0.717, 1.165) is 27.8 Å². The molecule has 22 heavy (non-hydrogen) atoms. The number of benzene rings is 1. The van der Waals surface area contributed by atoms with Gasteiger partial charge in [-0.25, -0.2) is 4.98 Å². The van der Waals surface area contributed by atoms with E-state index in [0.29, 0.717) is 10.6 Å².